The Morgan fingerprint density at radius 3 is 2.72 bits per heavy atom. The Labute approximate surface area is 112 Å². The third-order valence-corrected chi connectivity index (χ3v) is 5.92. The summed E-state index contributed by atoms with van der Waals surface area (Å²) < 4.78 is 6.68. The van der Waals surface area contributed by atoms with Crippen molar-refractivity contribution in [3.63, 3.8) is 0 Å². The van der Waals surface area contributed by atoms with E-state index in [0.717, 1.165) is 11.8 Å². The van der Waals surface area contributed by atoms with Crippen LogP contribution in [0, 0.1) is 23.2 Å². The van der Waals surface area contributed by atoms with Crippen LogP contribution in [0.3, 0.4) is 0 Å². The molecule has 0 aromatic rings. The van der Waals surface area contributed by atoms with Crippen molar-refractivity contribution in [1.29, 1.82) is 0 Å². The van der Waals surface area contributed by atoms with Gasteiger partial charge in [0.1, 0.15) is 0 Å². The average molecular weight is 248 g/mol. The van der Waals surface area contributed by atoms with Crippen LogP contribution in [0.25, 0.3) is 0 Å². The summed E-state index contributed by atoms with van der Waals surface area (Å²) in [6, 6.07) is 0. The van der Waals surface area contributed by atoms with E-state index in [1.165, 1.54) is 32.1 Å². The number of hydrogen-bond donors (Lipinski definition) is 0. The lowest BCUT2D eigenvalue weighted by Gasteiger charge is -2.40. The Morgan fingerprint density at radius 2 is 2.00 bits per heavy atom. The molecule has 1 heterocycles. The highest BCUT2D eigenvalue weighted by Gasteiger charge is 2.55. The summed E-state index contributed by atoms with van der Waals surface area (Å²) >= 11 is 0. The lowest BCUT2D eigenvalue weighted by Crippen LogP contribution is -2.40. The van der Waals surface area contributed by atoms with Crippen LogP contribution in [-0.2, 0) is 4.74 Å². The van der Waals surface area contributed by atoms with Crippen molar-refractivity contribution < 1.29 is 4.74 Å². The molecule has 0 aromatic heterocycles. The molecule has 102 valence electrons. The highest BCUT2D eigenvalue weighted by molar-refractivity contribution is 5.17. The van der Waals surface area contributed by atoms with E-state index in [1.54, 1.807) is 0 Å². The van der Waals surface area contributed by atoms with Crippen LogP contribution >= 0.6 is 0 Å². The second kappa shape index (κ2) is 4.10. The van der Waals surface area contributed by atoms with Crippen LogP contribution in [0.5, 0.6) is 0 Å². The lowest BCUT2D eigenvalue weighted by molar-refractivity contribution is -0.0811. The molecular weight excluding hydrogens is 220 g/mol. The van der Waals surface area contributed by atoms with Gasteiger partial charge < -0.3 is 4.74 Å². The molecule has 1 heteroatoms. The first-order chi connectivity index (χ1) is 8.42. The van der Waals surface area contributed by atoms with Crippen LogP contribution in [0.2, 0.25) is 0 Å². The van der Waals surface area contributed by atoms with Gasteiger partial charge in [0.05, 0.1) is 11.7 Å². The van der Waals surface area contributed by atoms with Crippen LogP contribution in [0.1, 0.15) is 59.8 Å². The van der Waals surface area contributed by atoms with Crippen LogP contribution in [0.4, 0.5) is 0 Å². The molecule has 1 spiro atoms. The van der Waals surface area contributed by atoms with Crippen LogP contribution in [-0.4, -0.2) is 11.7 Å². The molecule has 0 radical (unpaired) electrons. The van der Waals surface area contributed by atoms with E-state index >= 15 is 0 Å². The second-order valence-corrected chi connectivity index (χ2v) is 7.91. The maximum absolute atomic E-state index is 6.68. The molecule has 1 saturated carbocycles. The van der Waals surface area contributed by atoms with E-state index in [2.05, 4.69) is 39.8 Å². The summed E-state index contributed by atoms with van der Waals surface area (Å²) in [5, 5.41) is 0. The third-order valence-electron chi connectivity index (χ3n) is 5.92. The summed E-state index contributed by atoms with van der Waals surface area (Å²) in [6.07, 6.45) is 12.0. The van der Waals surface area contributed by atoms with Gasteiger partial charge in [-0.25, -0.2) is 0 Å². The lowest BCUT2D eigenvalue weighted by atomic mass is 9.66. The molecule has 2 aliphatic carbocycles. The predicted octanol–water partition coefficient (Wildman–Crippen LogP) is 4.57. The maximum Gasteiger partial charge on any atom is 0.0898 e. The second-order valence-electron chi connectivity index (χ2n) is 7.91. The summed E-state index contributed by atoms with van der Waals surface area (Å²) in [7, 11) is 0. The van der Waals surface area contributed by atoms with Gasteiger partial charge >= 0.3 is 0 Å². The highest BCUT2D eigenvalue weighted by Crippen LogP contribution is 2.55. The Balaban J connectivity index is 1.85. The molecule has 0 amide bonds. The first-order valence-corrected chi connectivity index (χ1v) is 7.78. The molecule has 1 saturated heterocycles. The zero-order valence-corrected chi connectivity index (χ0v) is 12.4. The predicted molar refractivity (Wildman–Crippen MR) is 75.4 cm³/mol. The monoisotopic (exact) mass is 248 g/mol. The fourth-order valence-corrected chi connectivity index (χ4v) is 4.33. The first-order valence-electron chi connectivity index (χ1n) is 7.78. The Hall–Kier alpha value is -0.300. The van der Waals surface area contributed by atoms with E-state index in [1.807, 2.05) is 0 Å². The van der Waals surface area contributed by atoms with Crippen LogP contribution < -0.4 is 0 Å². The van der Waals surface area contributed by atoms with E-state index < -0.39 is 0 Å². The maximum atomic E-state index is 6.68. The molecule has 18 heavy (non-hydrogen) atoms. The van der Waals surface area contributed by atoms with Crippen molar-refractivity contribution in [3.8, 4) is 0 Å². The normalized spacial score (nSPS) is 44.8. The minimum absolute atomic E-state index is 0.130. The quantitative estimate of drug-likeness (QED) is 0.618. The van der Waals surface area contributed by atoms with Gasteiger partial charge in [-0.1, -0.05) is 39.8 Å². The van der Waals surface area contributed by atoms with E-state index in [-0.39, 0.29) is 5.60 Å². The summed E-state index contributed by atoms with van der Waals surface area (Å²) in [4.78, 5) is 0. The SMILES string of the molecule is CC(C1OC23C=CCCC2CCC1C3)C(C)(C)C. The third kappa shape index (κ3) is 1.86. The van der Waals surface area contributed by atoms with Gasteiger partial charge in [0.25, 0.3) is 0 Å². The molecule has 5 atom stereocenters. The molecule has 3 aliphatic rings. The smallest absolute Gasteiger partial charge is 0.0898 e. The zero-order valence-electron chi connectivity index (χ0n) is 12.4. The molecule has 0 aromatic carbocycles. The molecule has 5 unspecified atom stereocenters. The van der Waals surface area contributed by atoms with Crippen molar-refractivity contribution in [1.82, 2.24) is 0 Å². The summed E-state index contributed by atoms with van der Waals surface area (Å²) in [5.41, 5.74) is 0.484. The highest BCUT2D eigenvalue weighted by atomic mass is 16.5. The molecule has 3 rings (SSSR count). The van der Waals surface area contributed by atoms with Crippen molar-refractivity contribution in [3.05, 3.63) is 12.2 Å². The van der Waals surface area contributed by atoms with Crippen LogP contribution in [0.15, 0.2) is 12.2 Å². The van der Waals surface area contributed by atoms with Gasteiger partial charge in [-0.2, -0.15) is 0 Å². The van der Waals surface area contributed by atoms with Gasteiger partial charge in [-0.3, -0.25) is 0 Å². The van der Waals surface area contributed by atoms with Crippen molar-refractivity contribution in [2.24, 2.45) is 23.2 Å². The fourth-order valence-electron chi connectivity index (χ4n) is 4.33. The van der Waals surface area contributed by atoms with Gasteiger partial charge in [0.15, 0.2) is 0 Å². The molecule has 2 bridgehead atoms. The number of rotatable bonds is 1. The topological polar surface area (TPSA) is 9.23 Å². The van der Waals surface area contributed by atoms with Crippen molar-refractivity contribution in [2.75, 3.05) is 0 Å². The Morgan fingerprint density at radius 1 is 1.22 bits per heavy atom. The van der Waals surface area contributed by atoms with E-state index in [4.69, 9.17) is 4.74 Å². The van der Waals surface area contributed by atoms with Crippen molar-refractivity contribution in [2.45, 2.75) is 71.5 Å². The fraction of sp³-hybridized carbons (Fsp3) is 0.882. The number of ether oxygens (including phenoxy) is 1. The molecular formula is C17H28O. The number of hydrogen-bond acceptors (Lipinski definition) is 1. The molecule has 0 N–H and O–H groups in total. The Kier molecular flexibility index (Phi) is 2.89. The van der Waals surface area contributed by atoms with Gasteiger partial charge in [0.2, 0.25) is 0 Å². The summed E-state index contributed by atoms with van der Waals surface area (Å²) in [6.45, 7) is 9.46. The molecule has 2 fully saturated rings. The van der Waals surface area contributed by atoms with Gasteiger partial charge in [-0.15, -0.1) is 0 Å². The molecule has 1 nitrogen and oxygen atoms in total. The zero-order chi connectivity index (χ0) is 13.0. The van der Waals surface area contributed by atoms with Gasteiger partial charge in [-0.05, 0) is 55.3 Å². The minimum Gasteiger partial charge on any atom is -0.367 e. The molecule has 1 aliphatic heterocycles. The average Bonchev–Trinajstić information content (AvgIpc) is 2.59. The largest absolute Gasteiger partial charge is 0.367 e. The standard InChI is InChI=1S/C17H28O/c1-12(16(2,3)4)15-13-8-9-14-7-5-6-10-17(14,11-13)18-15/h6,10,12-15H,5,7-9,11H2,1-4H3. The van der Waals surface area contributed by atoms with Gasteiger partial charge in [0, 0.05) is 0 Å². The number of fused-ring (bicyclic) bond motifs is 1. The minimum atomic E-state index is 0.130. The number of allylic oxidation sites excluding steroid dienone is 1. The van der Waals surface area contributed by atoms with E-state index in [0.29, 0.717) is 17.4 Å². The van der Waals surface area contributed by atoms with E-state index in [9.17, 15) is 0 Å². The van der Waals surface area contributed by atoms with Crippen molar-refractivity contribution >= 4 is 0 Å². The Bertz CT molecular complexity index is 351. The summed E-state index contributed by atoms with van der Waals surface area (Å²) in [5.74, 6) is 2.25. The first kappa shape index (κ1) is 12.7.